The van der Waals surface area contributed by atoms with Gasteiger partial charge in [-0.1, -0.05) is 47.0 Å². The average molecular weight is 585 g/mol. The van der Waals surface area contributed by atoms with Crippen LogP contribution in [0.1, 0.15) is 27.7 Å². The molecule has 0 aromatic rings. The topological polar surface area (TPSA) is 36.9 Å². The summed E-state index contributed by atoms with van der Waals surface area (Å²) in [6.07, 6.45) is 0.0985. The third-order valence-corrected chi connectivity index (χ3v) is 18.1. The van der Waals surface area contributed by atoms with Crippen molar-refractivity contribution in [3.63, 3.8) is 0 Å². The lowest BCUT2D eigenvalue weighted by atomic mass is 10.1. The van der Waals surface area contributed by atoms with Crippen LogP contribution in [0.25, 0.3) is 0 Å². The highest BCUT2D eigenvalue weighted by Gasteiger charge is 2.51. The zero-order valence-electron chi connectivity index (χ0n) is 18.0. The van der Waals surface area contributed by atoms with E-state index in [2.05, 4.69) is 0 Å². The summed E-state index contributed by atoms with van der Waals surface area (Å²) in [5, 5.41) is 0.531. The fraction of sp³-hybridized carbons (Fsp3) is 0.700. The summed E-state index contributed by atoms with van der Waals surface area (Å²) >= 11 is 15.8. The van der Waals surface area contributed by atoms with E-state index in [0.717, 1.165) is 0 Å². The van der Waals surface area contributed by atoms with E-state index < -0.39 is 11.6 Å². The number of thioether (sulfide) groups is 8. The van der Waals surface area contributed by atoms with Crippen LogP contribution in [0.5, 0.6) is 0 Å². The first kappa shape index (κ1) is 24.2. The normalized spacial score (nSPS) is 38.6. The van der Waals surface area contributed by atoms with Crippen LogP contribution in [-0.4, -0.2) is 59.0 Å². The van der Waals surface area contributed by atoms with E-state index in [1.807, 2.05) is 122 Å². The Kier molecular flexibility index (Phi) is 7.04. The van der Waals surface area contributed by atoms with Crippen molar-refractivity contribution in [2.24, 2.45) is 0 Å². The smallest absolute Gasteiger partial charge is 0.163 e. The van der Waals surface area contributed by atoms with E-state index in [-0.39, 0.29) is 22.7 Å². The number of ether oxygens (including phenoxy) is 4. The van der Waals surface area contributed by atoms with Crippen molar-refractivity contribution in [1.29, 1.82) is 0 Å². The molecule has 0 N–H and O–H groups in total. The van der Waals surface area contributed by atoms with Crippen LogP contribution >= 0.6 is 94.1 Å². The Morgan fingerprint density at radius 2 is 1.00 bits per heavy atom. The van der Waals surface area contributed by atoms with Gasteiger partial charge in [0, 0.05) is 11.5 Å². The molecule has 0 aromatic heterocycles. The van der Waals surface area contributed by atoms with Crippen molar-refractivity contribution in [1.82, 2.24) is 0 Å². The predicted molar refractivity (Wildman–Crippen MR) is 149 cm³/mol. The average Bonchev–Trinajstić information content (AvgIpc) is 3.50. The van der Waals surface area contributed by atoms with Crippen molar-refractivity contribution in [2.45, 2.75) is 62.0 Å². The molecule has 4 atom stereocenters. The minimum absolute atomic E-state index is 0.0492. The van der Waals surface area contributed by atoms with Gasteiger partial charge in [0.25, 0.3) is 0 Å². The Morgan fingerprint density at radius 3 is 1.38 bits per heavy atom. The number of rotatable bonds is 2. The van der Waals surface area contributed by atoms with E-state index in [1.165, 1.54) is 36.9 Å². The molecule has 2 fully saturated rings. The summed E-state index contributed by atoms with van der Waals surface area (Å²) < 4.78 is 33.3. The predicted octanol–water partition coefficient (Wildman–Crippen LogP) is 7.33. The minimum atomic E-state index is -0.524. The first-order valence-electron chi connectivity index (χ1n) is 10.4. The molecule has 32 heavy (non-hydrogen) atoms. The zero-order chi connectivity index (χ0) is 22.1. The molecule has 176 valence electrons. The summed E-state index contributed by atoms with van der Waals surface area (Å²) in [7, 11) is 0. The number of hydrogen-bond donors (Lipinski definition) is 0. The molecule has 0 spiro atoms. The Bertz CT molecular complexity index is 845. The van der Waals surface area contributed by atoms with Gasteiger partial charge < -0.3 is 18.9 Å². The van der Waals surface area contributed by atoms with Gasteiger partial charge in [0.2, 0.25) is 0 Å². The molecule has 6 aliphatic heterocycles. The van der Waals surface area contributed by atoms with Gasteiger partial charge in [0.15, 0.2) is 11.6 Å². The zero-order valence-corrected chi connectivity index (χ0v) is 24.6. The highest BCUT2D eigenvalue weighted by molar-refractivity contribution is 8.45. The van der Waals surface area contributed by atoms with Crippen LogP contribution in [0, 0.1) is 0 Å². The molecule has 2 saturated heterocycles. The first-order valence-corrected chi connectivity index (χ1v) is 17.4. The summed E-state index contributed by atoms with van der Waals surface area (Å²) in [5.41, 5.74) is 0. The standard InChI is InChI=1S/C20H24O4S8/c1-19(2)21-7-9(23-19)11-12(10-8-22-20(3,4)24-10)28-16-15(27-11)31-18(32-16)17-29-13-14(30-17)26-6-5-25-13/h9-12H,5-8H2,1-4H3/t9-,10-,11-,12-/m1/s1. The molecule has 0 saturated carbocycles. The van der Waals surface area contributed by atoms with Crippen LogP contribution < -0.4 is 0 Å². The van der Waals surface area contributed by atoms with Crippen LogP contribution in [-0.2, 0) is 18.9 Å². The minimum Gasteiger partial charge on any atom is -0.348 e. The summed E-state index contributed by atoms with van der Waals surface area (Å²) in [5.74, 6) is 1.40. The lowest BCUT2D eigenvalue weighted by Gasteiger charge is -2.36. The summed E-state index contributed by atoms with van der Waals surface area (Å²) in [4.78, 5) is 0. The molecule has 0 amide bonds. The molecule has 0 aromatic carbocycles. The van der Waals surface area contributed by atoms with Crippen LogP contribution in [0.3, 0.4) is 0 Å². The van der Waals surface area contributed by atoms with Crippen LogP contribution in [0.15, 0.2) is 25.4 Å². The van der Waals surface area contributed by atoms with Crippen molar-refractivity contribution < 1.29 is 18.9 Å². The van der Waals surface area contributed by atoms with Gasteiger partial charge in [-0.2, -0.15) is 0 Å². The molecule has 0 unspecified atom stereocenters. The third kappa shape index (κ3) is 4.88. The fourth-order valence-corrected chi connectivity index (χ4v) is 17.1. The molecule has 6 aliphatic rings. The van der Waals surface area contributed by atoms with Crippen molar-refractivity contribution in [3.8, 4) is 0 Å². The van der Waals surface area contributed by atoms with Gasteiger partial charge in [-0.05, 0) is 27.7 Å². The lowest BCUT2D eigenvalue weighted by molar-refractivity contribution is -0.144. The SMILES string of the molecule is CC1(C)OC[C@H]([C@H]2SC3=C(SC(=C4SC5=C(SCCS5)S4)S3)S[C@@H]2[C@H]2COC(C)(C)O2)O1. The Morgan fingerprint density at radius 1 is 0.594 bits per heavy atom. The lowest BCUT2D eigenvalue weighted by Crippen LogP contribution is -2.44. The molecule has 0 radical (unpaired) electrons. The molecule has 12 heteroatoms. The quantitative estimate of drug-likeness (QED) is 0.326. The molecule has 0 aliphatic carbocycles. The molecule has 4 nitrogen and oxygen atoms in total. The Hall–Kier alpha value is 1.86. The van der Waals surface area contributed by atoms with Gasteiger partial charge >= 0.3 is 0 Å². The van der Waals surface area contributed by atoms with E-state index in [0.29, 0.717) is 13.2 Å². The van der Waals surface area contributed by atoms with Gasteiger partial charge in [-0.25, -0.2) is 0 Å². The molecular weight excluding hydrogens is 561 g/mol. The van der Waals surface area contributed by atoms with Gasteiger partial charge in [-0.3, -0.25) is 0 Å². The second kappa shape index (κ2) is 9.31. The van der Waals surface area contributed by atoms with E-state index in [1.54, 1.807) is 0 Å². The molecule has 6 rings (SSSR count). The largest absolute Gasteiger partial charge is 0.348 e. The van der Waals surface area contributed by atoms with Gasteiger partial charge in [-0.15, -0.1) is 47.0 Å². The second-order valence-electron chi connectivity index (χ2n) is 8.73. The molecule has 6 heterocycles. The monoisotopic (exact) mass is 584 g/mol. The van der Waals surface area contributed by atoms with Crippen LogP contribution in [0.2, 0.25) is 0 Å². The maximum atomic E-state index is 6.35. The van der Waals surface area contributed by atoms with E-state index in [4.69, 9.17) is 18.9 Å². The Labute approximate surface area is 223 Å². The van der Waals surface area contributed by atoms with Gasteiger partial charge in [0.1, 0.15) is 0 Å². The van der Waals surface area contributed by atoms with Crippen LogP contribution in [0.4, 0.5) is 0 Å². The highest BCUT2D eigenvalue weighted by atomic mass is 32.3. The second-order valence-corrected chi connectivity index (χ2v) is 18.9. The van der Waals surface area contributed by atoms with Crippen molar-refractivity contribution >= 4 is 94.1 Å². The third-order valence-electron chi connectivity index (χ3n) is 5.39. The van der Waals surface area contributed by atoms with Gasteiger partial charge in [0.05, 0.1) is 61.3 Å². The maximum absolute atomic E-state index is 6.35. The summed E-state index contributed by atoms with van der Waals surface area (Å²) in [6.45, 7) is 9.29. The molecular formula is C20H24O4S8. The van der Waals surface area contributed by atoms with E-state index >= 15 is 0 Å². The first-order chi connectivity index (χ1) is 15.3. The molecule has 0 bridgehead atoms. The maximum Gasteiger partial charge on any atom is 0.163 e. The highest BCUT2D eigenvalue weighted by Crippen LogP contribution is 2.69. The number of hydrogen-bond acceptors (Lipinski definition) is 12. The van der Waals surface area contributed by atoms with E-state index in [9.17, 15) is 0 Å². The van der Waals surface area contributed by atoms with Crippen molar-refractivity contribution in [3.05, 3.63) is 25.4 Å². The Balaban J connectivity index is 1.23. The van der Waals surface area contributed by atoms with Crippen molar-refractivity contribution in [2.75, 3.05) is 24.7 Å². The summed E-state index contributed by atoms with van der Waals surface area (Å²) in [6, 6.07) is 0. The fourth-order valence-electron chi connectivity index (χ4n) is 4.01.